The second kappa shape index (κ2) is 26.2. The van der Waals surface area contributed by atoms with E-state index >= 15 is 0 Å². The summed E-state index contributed by atoms with van der Waals surface area (Å²) in [5.41, 5.74) is 18.9. The third kappa shape index (κ3) is 14.1. The summed E-state index contributed by atoms with van der Waals surface area (Å²) in [6.45, 7) is 0. The van der Waals surface area contributed by atoms with Gasteiger partial charge in [0.2, 0.25) is 17.7 Å². The number of carboxylic acid groups (broad SMARTS) is 1. The SMILES string of the molecule is Cl.N[C@H]1CCC[C@@H](Nc2ncc(Cl)c(C3=CCc4ccccc43)n2)C1.Nc1ccc(C(=O)O)cc1F.O=C(N[C@H]1CCC[C@@H](Nc2ncc(Cl)c(C3=CCc4ccccc43)n2)C1)c1ccc([N+](=O)[O-])c(F)c1.[2H]CF. The predicted octanol–water partition coefficient (Wildman–Crippen LogP) is 11.2. The predicted molar refractivity (Wildman–Crippen MR) is 285 cm³/mol. The van der Waals surface area contributed by atoms with Crippen LogP contribution in [0.4, 0.5) is 36.4 Å². The fourth-order valence-electron chi connectivity index (χ4n) is 9.17. The maximum Gasteiger partial charge on any atom is 0.335 e. The van der Waals surface area contributed by atoms with Crippen LogP contribution in [0.15, 0.2) is 109 Å². The molecular weight excluding hydrogens is 1020 g/mol. The third-order valence-corrected chi connectivity index (χ3v) is 13.3. The van der Waals surface area contributed by atoms with Crippen molar-refractivity contribution >= 4 is 81.9 Å². The molecule has 0 bridgehead atoms. The highest BCUT2D eigenvalue weighted by atomic mass is 35.5. The number of nitrogens with two attached hydrogens (primary N) is 2. The Kier molecular flexibility index (Phi) is 19.3. The number of fused-ring (bicyclic) bond motifs is 2. The Morgan fingerprint density at radius 2 is 1.26 bits per heavy atom. The lowest BCUT2D eigenvalue weighted by atomic mass is 9.91. The average Bonchev–Trinajstić information content (AvgIpc) is 4.02. The van der Waals surface area contributed by atoms with Gasteiger partial charge < -0.3 is 32.5 Å². The highest BCUT2D eigenvalue weighted by Crippen LogP contribution is 2.37. The lowest BCUT2D eigenvalue weighted by molar-refractivity contribution is -0.387. The first-order valence-electron chi connectivity index (χ1n) is 24.1. The van der Waals surface area contributed by atoms with Gasteiger partial charge in [-0.1, -0.05) is 83.9 Å². The summed E-state index contributed by atoms with van der Waals surface area (Å²) in [5.74, 6) is -2.26. The largest absolute Gasteiger partial charge is 0.478 e. The van der Waals surface area contributed by atoms with Crippen molar-refractivity contribution in [3.8, 4) is 0 Å². The highest BCUT2D eigenvalue weighted by Gasteiger charge is 2.27. The number of allylic oxidation sites excluding steroid dienone is 2. The number of amides is 1. The zero-order valence-electron chi connectivity index (χ0n) is 40.7. The number of nitrogens with one attached hydrogen (secondary N) is 3. The minimum atomic E-state index is -1.16. The van der Waals surface area contributed by atoms with Gasteiger partial charge in [0, 0.05) is 46.9 Å². The molecule has 4 aromatic carbocycles. The fraction of sp³-hybridized carbons (Fsp3) is 0.283. The molecule has 8 N–H and O–H groups in total. The number of anilines is 3. The molecule has 388 valence electrons. The third-order valence-electron chi connectivity index (χ3n) is 12.7. The molecule has 0 radical (unpaired) electrons. The zero-order valence-corrected chi connectivity index (χ0v) is 42.1. The Labute approximate surface area is 443 Å². The van der Waals surface area contributed by atoms with E-state index in [1.807, 2.05) is 12.1 Å². The van der Waals surface area contributed by atoms with Gasteiger partial charge in [0.25, 0.3) is 5.91 Å². The molecule has 4 aliphatic rings. The van der Waals surface area contributed by atoms with Crippen molar-refractivity contribution in [2.45, 2.75) is 88.4 Å². The number of hydrogen-bond donors (Lipinski definition) is 6. The molecule has 6 aromatic rings. The summed E-state index contributed by atoms with van der Waals surface area (Å²) in [6.07, 6.45) is 16.8. The second-order valence-corrected chi connectivity index (χ2v) is 18.5. The van der Waals surface area contributed by atoms with Gasteiger partial charge in [0.1, 0.15) is 5.82 Å². The number of alkyl halides is 1. The van der Waals surface area contributed by atoms with Crippen LogP contribution in [0.1, 0.15) is 107 Å². The number of carbonyl (C=O) groups is 2. The smallest absolute Gasteiger partial charge is 0.335 e. The molecule has 0 saturated heterocycles. The van der Waals surface area contributed by atoms with Crippen LogP contribution in [-0.2, 0) is 12.8 Å². The van der Waals surface area contributed by atoms with Gasteiger partial charge in [0.05, 0.1) is 58.5 Å². The van der Waals surface area contributed by atoms with Crippen LogP contribution in [0.5, 0.6) is 0 Å². The maximum atomic E-state index is 13.9. The van der Waals surface area contributed by atoms with Crippen molar-refractivity contribution in [1.29, 1.82) is 0 Å². The minimum Gasteiger partial charge on any atom is -0.478 e. The number of halogens is 6. The monoisotopic (exact) mass is 1070 g/mol. The van der Waals surface area contributed by atoms with E-state index in [0.717, 1.165) is 98.4 Å². The Morgan fingerprint density at radius 1 is 0.757 bits per heavy atom. The van der Waals surface area contributed by atoms with Crippen LogP contribution in [-0.4, -0.2) is 73.2 Å². The molecule has 74 heavy (non-hydrogen) atoms. The van der Waals surface area contributed by atoms with E-state index in [0.29, 0.717) is 40.1 Å². The molecule has 1 amide bonds. The number of nitrogen functional groups attached to an aromatic ring is 1. The van der Waals surface area contributed by atoms with Crippen LogP contribution in [0.2, 0.25) is 10.0 Å². The number of benzene rings is 4. The zero-order chi connectivity index (χ0) is 52.9. The number of carbonyl (C=O) groups excluding carboxylic acids is 1. The summed E-state index contributed by atoms with van der Waals surface area (Å²) in [7, 11) is -1.00. The number of nitro benzene ring substituents is 1. The minimum absolute atomic E-state index is 0. The van der Waals surface area contributed by atoms with Crippen molar-refractivity contribution in [3.63, 3.8) is 0 Å². The number of rotatable bonds is 10. The van der Waals surface area contributed by atoms with Crippen LogP contribution >= 0.6 is 35.6 Å². The average molecular weight is 1080 g/mol. The van der Waals surface area contributed by atoms with E-state index in [-0.39, 0.29) is 47.3 Å². The second-order valence-electron chi connectivity index (χ2n) is 17.6. The van der Waals surface area contributed by atoms with Crippen molar-refractivity contribution < 1.29 is 34.2 Å². The number of nitro groups is 1. The molecule has 0 aliphatic heterocycles. The maximum absolute atomic E-state index is 13.9. The van der Waals surface area contributed by atoms with Crippen LogP contribution in [0.3, 0.4) is 0 Å². The first-order valence-corrected chi connectivity index (χ1v) is 24.2. The van der Waals surface area contributed by atoms with Crippen LogP contribution in [0.25, 0.3) is 11.1 Å². The topological polar surface area (TPSA) is 237 Å². The molecule has 15 nitrogen and oxygen atoms in total. The van der Waals surface area contributed by atoms with E-state index in [2.05, 4.69) is 74.5 Å². The molecule has 4 atom stereocenters. The Bertz CT molecular complexity index is 3080. The van der Waals surface area contributed by atoms with Crippen molar-refractivity contribution in [2.75, 3.05) is 23.5 Å². The number of aromatic nitrogens is 4. The number of carboxylic acids is 1. The quantitative estimate of drug-likeness (QED) is 0.0426. The van der Waals surface area contributed by atoms with Gasteiger partial charge in [-0.05, 0) is 117 Å². The van der Waals surface area contributed by atoms with E-state index < -0.39 is 41.3 Å². The number of hydrogen-bond acceptors (Lipinski definition) is 12. The van der Waals surface area contributed by atoms with E-state index in [1.165, 1.54) is 34.9 Å². The van der Waals surface area contributed by atoms with Crippen molar-refractivity contribution in [3.05, 3.63) is 186 Å². The molecule has 0 spiro atoms. The molecule has 2 fully saturated rings. The van der Waals surface area contributed by atoms with Crippen LogP contribution in [0, 0.1) is 21.7 Å². The Hall–Kier alpha value is -7.12. The molecule has 2 saturated carbocycles. The number of aromatic carboxylic acids is 1. The van der Waals surface area contributed by atoms with Gasteiger partial charge in [-0.25, -0.2) is 29.1 Å². The fourth-order valence-corrected chi connectivity index (χ4v) is 9.55. The normalized spacial score (nSPS) is 18.2. The van der Waals surface area contributed by atoms with Crippen molar-refractivity contribution in [1.82, 2.24) is 25.3 Å². The molecule has 4 aliphatic carbocycles. The standard InChI is InChI=1S/C26H23ClFN5O3.C19H21ClN4.C7H6FNO2.CH3F.ClH/c27-21-14-29-26(32-24(21)20-10-8-15-4-1-2-7-19(15)20)31-18-6-3-5-17(13-18)30-25(34)16-9-11-23(33(35)36)22(28)12-16;20-17-11-22-19(23-14-6-3-5-13(21)10-14)24-18(17)16-9-8-12-4-1-2-7-15(12)16;8-5-3-4(7(10)11)1-2-6(5)9;1-2;/h1-2,4,7,9-12,14,17-18H,3,5-6,8,13H2,(H,30,34)(H,29,31,32);1-2,4,7,9,11,13-14H,3,5-6,8,10,21H2,(H,22,23,24);1-3H,9H2,(H,10,11);1H3;1H/t17-,18+;13-,14+;;;/m00.../s1/i;;;1D;. The van der Waals surface area contributed by atoms with Crippen LogP contribution < -0.4 is 27.4 Å². The first-order chi connectivity index (χ1) is 35.6. The first kappa shape index (κ1) is 54.6. The Balaban J connectivity index is 0.000000201. The number of nitrogens with zero attached hydrogens (tertiary/aromatic N) is 5. The van der Waals surface area contributed by atoms with Gasteiger partial charge in [-0.3, -0.25) is 19.3 Å². The molecule has 21 heteroatoms. The molecular formula is C53H54Cl3F3N10O5. The Morgan fingerprint density at radius 3 is 1.77 bits per heavy atom. The van der Waals surface area contributed by atoms with E-state index in [4.69, 9.17) is 51.1 Å². The molecule has 0 unspecified atom stereocenters. The summed E-state index contributed by atoms with van der Waals surface area (Å²) >= 11 is 12.9. The van der Waals surface area contributed by atoms with E-state index in [1.54, 1.807) is 12.4 Å². The van der Waals surface area contributed by atoms with E-state index in [9.17, 15) is 32.9 Å². The summed E-state index contributed by atoms with van der Waals surface area (Å²) < 4.78 is 42.0. The molecule has 10 rings (SSSR count). The lowest BCUT2D eigenvalue weighted by Crippen LogP contribution is -2.42. The van der Waals surface area contributed by atoms with Gasteiger partial charge >= 0.3 is 11.7 Å². The molecule has 2 aromatic heterocycles. The van der Waals surface area contributed by atoms with Gasteiger partial charge in [-0.2, -0.15) is 4.39 Å². The summed E-state index contributed by atoms with van der Waals surface area (Å²) in [5, 5.41) is 30.0. The van der Waals surface area contributed by atoms with Crippen molar-refractivity contribution in [2.24, 2.45) is 5.73 Å². The summed E-state index contributed by atoms with van der Waals surface area (Å²) in [4.78, 5) is 51.0. The lowest BCUT2D eigenvalue weighted by Gasteiger charge is -2.30. The molecule has 2 heterocycles. The summed E-state index contributed by atoms with van der Waals surface area (Å²) in [6, 6.07) is 23.6. The van der Waals surface area contributed by atoms with Gasteiger partial charge in [-0.15, -0.1) is 12.4 Å². The van der Waals surface area contributed by atoms with Gasteiger partial charge in [0.15, 0.2) is 0 Å². The highest BCUT2D eigenvalue weighted by molar-refractivity contribution is 6.32.